The van der Waals surface area contributed by atoms with Gasteiger partial charge in [0.05, 0.1) is 11.3 Å². The van der Waals surface area contributed by atoms with Gasteiger partial charge in [0, 0.05) is 36.1 Å². The summed E-state index contributed by atoms with van der Waals surface area (Å²) in [6.07, 6.45) is 2.23. The molecule has 0 fully saturated rings. The molecule has 3 rings (SSSR count). The zero-order valence-electron chi connectivity index (χ0n) is 15.0. The SMILES string of the molecule is CSc1nc(C2CC(=O)Nc3c2c(C(C)(C)C)nn3C)ccc1C#N. The number of carbonyl (C=O) groups excluding carboxylic acids is 1. The molecule has 0 aliphatic carbocycles. The lowest BCUT2D eigenvalue weighted by molar-refractivity contribution is -0.116. The monoisotopic (exact) mass is 355 g/mol. The van der Waals surface area contributed by atoms with Crippen molar-refractivity contribution in [2.24, 2.45) is 7.05 Å². The number of thioether (sulfide) groups is 1. The fraction of sp³-hybridized carbons (Fsp3) is 0.444. The van der Waals surface area contributed by atoms with Crippen LogP contribution in [0, 0.1) is 11.3 Å². The van der Waals surface area contributed by atoms with Crippen molar-refractivity contribution in [1.82, 2.24) is 14.8 Å². The van der Waals surface area contributed by atoms with Crippen LogP contribution < -0.4 is 5.32 Å². The molecular formula is C18H21N5OS. The quantitative estimate of drug-likeness (QED) is 0.837. The van der Waals surface area contributed by atoms with Crippen LogP contribution in [-0.2, 0) is 17.3 Å². The number of amides is 1. The Labute approximate surface area is 151 Å². The summed E-state index contributed by atoms with van der Waals surface area (Å²) in [5.74, 6) is 0.533. The second-order valence-electron chi connectivity index (χ2n) is 7.19. The second-order valence-corrected chi connectivity index (χ2v) is 7.99. The number of anilines is 1. The number of pyridine rings is 1. The highest BCUT2D eigenvalue weighted by Crippen LogP contribution is 2.42. The summed E-state index contributed by atoms with van der Waals surface area (Å²) in [6, 6.07) is 5.80. The van der Waals surface area contributed by atoms with Crippen LogP contribution in [0.25, 0.3) is 0 Å². The van der Waals surface area contributed by atoms with Crippen molar-refractivity contribution in [3.05, 3.63) is 34.6 Å². The molecule has 2 aromatic heterocycles. The highest BCUT2D eigenvalue weighted by atomic mass is 32.2. The van der Waals surface area contributed by atoms with Gasteiger partial charge in [-0.15, -0.1) is 11.8 Å². The molecule has 3 heterocycles. The predicted octanol–water partition coefficient (Wildman–Crippen LogP) is 3.18. The fourth-order valence-electron chi connectivity index (χ4n) is 3.19. The minimum atomic E-state index is -0.162. The molecule has 1 atom stereocenters. The van der Waals surface area contributed by atoms with Gasteiger partial charge in [0.25, 0.3) is 0 Å². The second kappa shape index (κ2) is 6.19. The van der Waals surface area contributed by atoms with Gasteiger partial charge in [-0.3, -0.25) is 9.48 Å². The highest BCUT2D eigenvalue weighted by Gasteiger charge is 2.37. The van der Waals surface area contributed by atoms with Crippen molar-refractivity contribution in [2.75, 3.05) is 11.6 Å². The third-order valence-corrected chi connectivity index (χ3v) is 5.04. The highest BCUT2D eigenvalue weighted by molar-refractivity contribution is 7.98. The summed E-state index contributed by atoms with van der Waals surface area (Å²) in [6.45, 7) is 6.34. The Balaban J connectivity index is 2.20. The lowest BCUT2D eigenvalue weighted by Crippen LogP contribution is -2.27. The molecular weight excluding hydrogens is 334 g/mol. The molecule has 130 valence electrons. The molecule has 1 aliphatic rings. The summed E-state index contributed by atoms with van der Waals surface area (Å²) in [7, 11) is 1.84. The predicted molar refractivity (Wildman–Crippen MR) is 97.7 cm³/mol. The molecule has 25 heavy (non-hydrogen) atoms. The Morgan fingerprint density at radius 3 is 2.72 bits per heavy atom. The maximum Gasteiger partial charge on any atom is 0.226 e. The summed E-state index contributed by atoms with van der Waals surface area (Å²) in [5.41, 5.74) is 3.20. The van der Waals surface area contributed by atoms with E-state index in [4.69, 9.17) is 0 Å². The molecule has 0 aromatic carbocycles. The average molecular weight is 355 g/mol. The minimum absolute atomic E-state index is 0.0437. The van der Waals surface area contributed by atoms with Gasteiger partial charge < -0.3 is 5.32 Å². The molecule has 2 aromatic rings. The van der Waals surface area contributed by atoms with E-state index in [1.165, 1.54) is 11.8 Å². The molecule has 0 saturated carbocycles. The van der Waals surface area contributed by atoms with Gasteiger partial charge in [-0.2, -0.15) is 10.4 Å². The van der Waals surface area contributed by atoms with Crippen molar-refractivity contribution in [1.29, 1.82) is 5.26 Å². The van der Waals surface area contributed by atoms with E-state index < -0.39 is 0 Å². The zero-order valence-corrected chi connectivity index (χ0v) is 15.9. The first-order valence-electron chi connectivity index (χ1n) is 8.08. The zero-order chi connectivity index (χ0) is 18.4. The Morgan fingerprint density at radius 1 is 1.40 bits per heavy atom. The largest absolute Gasteiger partial charge is 0.311 e. The van der Waals surface area contributed by atoms with Gasteiger partial charge in [0.1, 0.15) is 16.9 Å². The van der Waals surface area contributed by atoms with Crippen LogP contribution >= 0.6 is 11.8 Å². The molecule has 6 nitrogen and oxygen atoms in total. The fourth-order valence-corrected chi connectivity index (χ4v) is 3.72. The van der Waals surface area contributed by atoms with E-state index in [-0.39, 0.29) is 17.2 Å². The van der Waals surface area contributed by atoms with Crippen molar-refractivity contribution in [3.8, 4) is 6.07 Å². The van der Waals surface area contributed by atoms with Crippen LogP contribution in [-0.4, -0.2) is 26.9 Å². The molecule has 1 amide bonds. The Kier molecular flexibility index (Phi) is 4.33. The van der Waals surface area contributed by atoms with Crippen LogP contribution in [0.5, 0.6) is 0 Å². The van der Waals surface area contributed by atoms with E-state index in [1.54, 1.807) is 10.7 Å². The normalized spacial score (nSPS) is 17.0. The topological polar surface area (TPSA) is 83.6 Å². The molecule has 1 unspecified atom stereocenters. The number of aryl methyl sites for hydroxylation is 1. The lowest BCUT2D eigenvalue weighted by atomic mass is 9.81. The Hall–Kier alpha value is -2.33. The number of aromatic nitrogens is 3. The summed E-state index contributed by atoms with van der Waals surface area (Å²) >= 11 is 1.44. The summed E-state index contributed by atoms with van der Waals surface area (Å²) in [5, 5.41) is 17.5. The standard InChI is InChI=1S/C18H21N5OS/c1-18(2,3)15-14-11(8-13(24)21-16(14)23(4)22-15)12-7-6-10(9-19)17(20-12)25-5/h6-7,11H,8H2,1-5H3,(H,21,24). The van der Waals surface area contributed by atoms with Gasteiger partial charge in [0.15, 0.2) is 0 Å². The maximum absolute atomic E-state index is 12.3. The lowest BCUT2D eigenvalue weighted by Gasteiger charge is -2.27. The number of hydrogen-bond acceptors (Lipinski definition) is 5. The van der Waals surface area contributed by atoms with Crippen molar-refractivity contribution in [2.45, 2.75) is 43.6 Å². The number of carbonyl (C=O) groups is 1. The van der Waals surface area contributed by atoms with Crippen LogP contribution in [0.4, 0.5) is 5.82 Å². The number of nitrogens with one attached hydrogen (secondary N) is 1. The number of nitriles is 1. The van der Waals surface area contributed by atoms with Crippen molar-refractivity contribution < 1.29 is 4.79 Å². The van der Waals surface area contributed by atoms with Gasteiger partial charge >= 0.3 is 0 Å². The first-order chi connectivity index (χ1) is 11.8. The summed E-state index contributed by atoms with van der Waals surface area (Å²) < 4.78 is 1.74. The average Bonchev–Trinajstić information content (AvgIpc) is 2.90. The first-order valence-corrected chi connectivity index (χ1v) is 9.31. The van der Waals surface area contributed by atoms with Gasteiger partial charge in [-0.05, 0) is 18.4 Å². The molecule has 0 radical (unpaired) electrons. The molecule has 1 aliphatic heterocycles. The van der Waals surface area contributed by atoms with Crippen LogP contribution in [0.1, 0.15) is 55.6 Å². The number of nitrogens with zero attached hydrogens (tertiary/aromatic N) is 4. The van der Waals surface area contributed by atoms with E-state index in [1.807, 2.05) is 19.4 Å². The minimum Gasteiger partial charge on any atom is -0.311 e. The van der Waals surface area contributed by atoms with E-state index in [0.29, 0.717) is 17.0 Å². The molecule has 0 saturated heterocycles. The third kappa shape index (κ3) is 3.02. The number of fused-ring (bicyclic) bond motifs is 1. The van der Waals surface area contributed by atoms with Crippen LogP contribution in [0.15, 0.2) is 17.2 Å². The maximum atomic E-state index is 12.3. The van der Waals surface area contributed by atoms with Crippen LogP contribution in [0.2, 0.25) is 0 Å². The number of hydrogen-bond donors (Lipinski definition) is 1. The molecule has 7 heteroatoms. The van der Waals surface area contributed by atoms with Crippen molar-refractivity contribution in [3.63, 3.8) is 0 Å². The van der Waals surface area contributed by atoms with E-state index in [9.17, 15) is 10.1 Å². The Morgan fingerprint density at radius 2 is 2.12 bits per heavy atom. The molecule has 1 N–H and O–H groups in total. The van der Waals surface area contributed by atoms with Gasteiger partial charge in [-0.25, -0.2) is 4.98 Å². The van der Waals surface area contributed by atoms with Crippen molar-refractivity contribution >= 4 is 23.5 Å². The van der Waals surface area contributed by atoms with Crippen LogP contribution in [0.3, 0.4) is 0 Å². The van der Waals surface area contributed by atoms with E-state index in [0.717, 1.165) is 22.8 Å². The smallest absolute Gasteiger partial charge is 0.226 e. The third-order valence-electron chi connectivity index (χ3n) is 4.34. The van der Waals surface area contributed by atoms with E-state index in [2.05, 4.69) is 42.2 Å². The van der Waals surface area contributed by atoms with E-state index >= 15 is 0 Å². The molecule has 0 bridgehead atoms. The van der Waals surface area contributed by atoms with Gasteiger partial charge in [-0.1, -0.05) is 20.8 Å². The van der Waals surface area contributed by atoms with Gasteiger partial charge in [0.2, 0.25) is 5.91 Å². The Bertz CT molecular complexity index is 888. The summed E-state index contributed by atoms with van der Waals surface area (Å²) in [4.78, 5) is 16.9. The molecule has 0 spiro atoms. The number of rotatable bonds is 2. The first kappa shape index (κ1) is 17.5.